The molecular weight excluding hydrogens is 364 g/mol. The van der Waals surface area contributed by atoms with Gasteiger partial charge in [-0.25, -0.2) is 9.78 Å². The van der Waals surface area contributed by atoms with E-state index < -0.39 is 5.97 Å². The van der Waals surface area contributed by atoms with Gasteiger partial charge in [-0.05, 0) is 29.8 Å². The number of carbonyl (C=O) groups is 1. The van der Waals surface area contributed by atoms with Crippen LogP contribution in [-0.4, -0.2) is 56.4 Å². The van der Waals surface area contributed by atoms with Crippen molar-refractivity contribution >= 4 is 23.2 Å². The van der Waals surface area contributed by atoms with Gasteiger partial charge in [0.05, 0.1) is 16.3 Å². The van der Waals surface area contributed by atoms with Crippen molar-refractivity contribution in [1.82, 2.24) is 19.2 Å². The highest BCUT2D eigenvalue weighted by molar-refractivity contribution is 6.30. The van der Waals surface area contributed by atoms with Gasteiger partial charge < -0.3 is 9.51 Å². The number of piperazine rings is 1. The van der Waals surface area contributed by atoms with Crippen LogP contribution in [0.2, 0.25) is 5.02 Å². The maximum Gasteiger partial charge on any atom is 0.335 e. The lowest BCUT2D eigenvalue weighted by Gasteiger charge is -2.34. The van der Waals surface area contributed by atoms with Crippen molar-refractivity contribution in [2.75, 3.05) is 26.2 Å². The van der Waals surface area contributed by atoms with Gasteiger partial charge in [-0.1, -0.05) is 23.7 Å². The molecule has 0 unspecified atom stereocenters. The molecule has 1 N–H and O–H groups in total. The molecule has 27 heavy (non-hydrogen) atoms. The molecule has 140 valence electrons. The number of aromatic nitrogens is 2. The Morgan fingerprint density at radius 3 is 2.30 bits per heavy atom. The maximum absolute atomic E-state index is 10.9. The predicted molar refractivity (Wildman–Crippen MR) is 104 cm³/mol. The van der Waals surface area contributed by atoms with Gasteiger partial charge in [0.25, 0.3) is 0 Å². The fourth-order valence-corrected chi connectivity index (χ4v) is 3.61. The number of nitrogens with zero attached hydrogens (tertiary/aromatic N) is 4. The molecular formula is C20H21ClN4O2. The summed E-state index contributed by atoms with van der Waals surface area (Å²) < 4.78 is 1.97. The lowest BCUT2D eigenvalue weighted by Crippen LogP contribution is -2.45. The molecule has 3 aromatic rings. The molecule has 0 aliphatic carbocycles. The normalized spacial score (nSPS) is 16.0. The Hall–Kier alpha value is -2.41. The molecule has 2 aromatic heterocycles. The fourth-order valence-electron chi connectivity index (χ4n) is 3.44. The van der Waals surface area contributed by atoms with Crippen molar-refractivity contribution in [1.29, 1.82) is 0 Å². The Bertz CT molecular complexity index is 946. The van der Waals surface area contributed by atoms with Crippen LogP contribution < -0.4 is 0 Å². The first kappa shape index (κ1) is 18.0. The quantitative estimate of drug-likeness (QED) is 0.732. The van der Waals surface area contributed by atoms with Crippen LogP contribution in [0.15, 0.2) is 48.8 Å². The second-order valence-corrected chi connectivity index (χ2v) is 7.34. The van der Waals surface area contributed by atoms with Crippen LogP contribution in [0, 0.1) is 0 Å². The molecule has 0 spiro atoms. The van der Waals surface area contributed by atoms with E-state index in [2.05, 4.69) is 14.8 Å². The number of pyridine rings is 1. The third-order valence-corrected chi connectivity index (χ3v) is 5.15. The summed E-state index contributed by atoms with van der Waals surface area (Å²) in [7, 11) is 0. The van der Waals surface area contributed by atoms with Gasteiger partial charge in [0.2, 0.25) is 0 Å². The van der Waals surface area contributed by atoms with E-state index in [-0.39, 0.29) is 0 Å². The van der Waals surface area contributed by atoms with Crippen LogP contribution in [-0.2, 0) is 13.1 Å². The number of imidazole rings is 1. The summed E-state index contributed by atoms with van der Waals surface area (Å²) in [4.78, 5) is 20.4. The van der Waals surface area contributed by atoms with E-state index >= 15 is 0 Å². The zero-order valence-corrected chi connectivity index (χ0v) is 15.6. The third kappa shape index (κ3) is 4.30. The minimum atomic E-state index is -0.885. The lowest BCUT2D eigenvalue weighted by atomic mass is 10.1. The molecule has 1 aliphatic heterocycles. The largest absolute Gasteiger partial charge is 0.478 e. The number of aromatic carboxylic acids is 1. The van der Waals surface area contributed by atoms with Crippen LogP contribution in [0.25, 0.3) is 5.65 Å². The third-order valence-electron chi connectivity index (χ3n) is 4.92. The SMILES string of the molecule is O=C(O)c1ccc(CN2CCN(Cc3cn4cc(Cl)ccc4n3)CC2)cc1. The number of carboxylic acid groups (broad SMARTS) is 1. The first-order valence-corrected chi connectivity index (χ1v) is 9.35. The highest BCUT2D eigenvalue weighted by atomic mass is 35.5. The van der Waals surface area contributed by atoms with Crippen LogP contribution in [0.1, 0.15) is 21.6 Å². The Labute approximate surface area is 162 Å². The summed E-state index contributed by atoms with van der Waals surface area (Å²) >= 11 is 6.03. The van der Waals surface area contributed by atoms with Crippen molar-refractivity contribution < 1.29 is 9.90 Å². The average Bonchev–Trinajstić information content (AvgIpc) is 3.05. The molecule has 7 heteroatoms. The summed E-state index contributed by atoms with van der Waals surface area (Å²) in [5, 5.41) is 9.68. The molecule has 0 atom stereocenters. The zero-order valence-electron chi connectivity index (χ0n) is 14.9. The van der Waals surface area contributed by atoms with Crippen LogP contribution in [0.3, 0.4) is 0 Å². The number of rotatable bonds is 5. The molecule has 1 aromatic carbocycles. The predicted octanol–water partition coefficient (Wildman–Crippen LogP) is 3.00. The van der Waals surface area contributed by atoms with Crippen molar-refractivity contribution in [3.05, 3.63) is 70.6 Å². The van der Waals surface area contributed by atoms with Crippen molar-refractivity contribution in [2.45, 2.75) is 13.1 Å². The maximum atomic E-state index is 10.9. The van der Waals surface area contributed by atoms with E-state index in [1.165, 1.54) is 0 Å². The molecule has 1 fully saturated rings. The van der Waals surface area contributed by atoms with E-state index in [4.69, 9.17) is 16.7 Å². The van der Waals surface area contributed by atoms with Crippen LogP contribution >= 0.6 is 11.6 Å². The lowest BCUT2D eigenvalue weighted by molar-refractivity contribution is 0.0697. The monoisotopic (exact) mass is 384 g/mol. The summed E-state index contributed by atoms with van der Waals surface area (Å²) in [6.45, 7) is 5.63. The van der Waals surface area contributed by atoms with Crippen molar-refractivity contribution in [2.24, 2.45) is 0 Å². The second kappa shape index (κ2) is 7.68. The molecule has 1 aliphatic rings. The van der Waals surface area contributed by atoms with Gasteiger partial charge in [0.15, 0.2) is 0 Å². The Balaban J connectivity index is 1.31. The fraction of sp³-hybridized carbons (Fsp3) is 0.300. The highest BCUT2D eigenvalue weighted by Gasteiger charge is 2.18. The van der Waals surface area contributed by atoms with Gasteiger partial charge in [-0.2, -0.15) is 0 Å². The first-order chi connectivity index (χ1) is 13.1. The number of halogens is 1. The summed E-state index contributed by atoms with van der Waals surface area (Å²) in [6.07, 6.45) is 3.92. The molecule has 0 amide bonds. The number of carboxylic acids is 1. The topological polar surface area (TPSA) is 61.1 Å². The molecule has 0 saturated carbocycles. The van der Waals surface area contributed by atoms with E-state index in [9.17, 15) is 4.79 Å². The van der Waals surface area contributed by atoms with E-state index in [1.54, 1.807) is 12.1 Å². The molecule has 1 saturated heterocycles. The summed E-state index contributed by atoms with van der Waals surface area (Å²) in [5.74, 6) is -0.885. The smallest absolute Gasteiger partial charge is 0.335 e. The number of hydrogen-bond donors (Lipinski definition) is 1. The number of benzene rings is 1. The molecule has 0 bridgehead atoms. The van der Waals surface area contributed by atoms with Gasteiger partial charge in [-0.3, -0.25) is 9.80 Å². The minimum absolute atomic E-state index is 0.331. The Morgan fingerprint density at radius 2 is 1.63 bits per heavy atom. The molecule has 0 radical (unpaired) electrons. The van der Waals surface area contributed by atoms with Gasteiger partial charge in [0.1, 0.15) is 5.65 Å². The Morgan fingerprint density at radius 1 is 0.963 bits per heavy atom. The van der Waals surface area contributed by atoms with Gasteiger partial charge in [-0.15, -0.1) is 0 Å². The minimum Gasteiger partial charge on any atom is -0.478 e. The first-order valence-electron chi connectivity index (χ1n) is 8.97. The number of fused-ring (bicyclic) bond motifs is 1. The second-order valence-electron chi connectivity index (χ2n) is 6.90. The Kier molecular flexibility index (Phi) is 5.11. The van der Waals surface area contributed by atoms with Crippen LogP contribution in [0.4, 0.5) is 0 Å². The average molecular weight is 385 g/mol. The molecule has 3 heterocycles. The molecule has 6 nitrogen and oxygen atoms in total. The van der Waals surface area contributed by atoms with E-state index in [0.717, 1.165) is 56.2 Å². The zero-order chi connectivity index (χ0) is 18.8. The van der Waals surface area contributed by atoms with Gasteiger partial charge in [0, 0.05) is 51.7 Å². The highest BCUT2D eigenvalue weighted by Crippen LogP contribution is 2.15. The summed E-state index contributed by atoms with van der Waals surface area (Å²) in [6, 6.07) is 10.9. The van der Waals surface area contributed by atoms with E-state index in [1.807, 2.05) is 41.1 Å². The van der Waals surface area contributed by atoms with E-state index in [0.29, 0.717) is 10.6 Å². The molecule has 4 rings (SSSR count). The number of hydrogen-bond acceptors (Lipinski definition) is 4. The van der Waals surface area contributed by atoms with Crippen molar-refractivity contribution in [3.63, 3.8) is 0 Å². The summed E-state index contributed by atoms with van der Waals surface area (Å²) in [5.41, 5.74) is 3.44. The van der Waals surface area contributed by atoms with Crippen LogP contribution in [0.5, 0.6) is 0 Å². The standard InChI is InChI=1S/C20H21ClN4O2/c21-17-5-6-19-22-18(14-25(19)12-17)13-24-9-7-23(8-10-24)11-15-1-3-16(4-2-15)20(26)27/h1-6,12,14H,7-11,13H2,(H,26,27). The van der Waals surface area contributed by atoms with Crippen molar-refractivity contribution in [3.8, 4) is 0 Å². The van der Waals surface area contributed by atoms with Gasteiger partial charge >= 0.3 is 5.97 Å².